The Balaban J connectivity index is 1.29. The summed E-state index contributed by atoms with van der Waals surface area (Å²) in [5.41, 5.74) is 2.04. The van der Waals surface area contributed by atoms with Gasteiger partial charge in [-0.2, -0.15) is 0 Å². The molecule has 1 fully saturated rings. The Morgan fingerprint density at radius 2 is 1.69 bits per heavy atom. The molecule has 0 unspecified atom stereocenters. The van der Waals surface area contributed by atoms with Gasteiger partial charge in [-0.1, -0.05) is 11.6 Å². The van der Waals surface area contributed by atoms with Crippen LogP contribution in [-0.4, -0.2) is 55.1 Å². The van der Waals surface area contributed by atoms with Gasteiger partial charge in [0, 0.05) is 48.0 Å². The van der Waals surface area contributed by atoms with Gasteiger partial charge in [-0.25, -0.2) is 9.78 Å². The van der Waals surface area contributed by atoms with Crippen LogP contribution in [0.4, 0.5) is 21.3 Å². The zero-order chi connectivity index (χ0) is 22.5. The second-order valence-electron chi connectivity index (χ2n) is 7.10. The van der Waals surface area contributed by atoms with Crippen molar-refractivity contribution in [3.05, 3.63) is 64.6 Å². The Morgan fingerprint density at radius 1 is 1.00 bits per heavy atom. The molecular formula is C22H22ClN5O3S. The fourth-order valence-corrected chi connectivity index (χ4v) is 4.15. The highest BCUT2D eigenvalue weighted by atomic mass is 35.5. The SMILES string of the molecule is COc1ccc(N2CCN(C(=O)c3csc(NC(=O)Nc4ccc(Cl)cc4)n3)CC2)cc1. The smallest absolute Gasteiger partial charge is 0.325 e. The molecule has 3 amide bonds. The van der Waals surface area contributed by atoms with Crippen molar-refractivity contribution in [3.63, 3.8) is 0 Å². The Bertz CT molecular complexity index is 1080. The van der Waals surface area contributed by atoms with Crippen molar-refractivity contribution in [2.75, 3.05) is 48.8 Å². The topological polar surface area (TPSA) is 86.8 Å². The number of methoxy groups -OCH3 is 1. The minimum Gasteiger partial charge on any atom is -0.497 e. The Kier molecular flexibility index (Phi) is 6.77. The number of carbonyl (C=O) groups excluding carboxylic acids is 2. The first kappa shape index (κ1) is 21.9. The van der Waals surface area contributed by atoms with Gasteiger partial charge in [-0.15, -0.1) is 11.3 Å². The fraction of sp³-hybridized carbons (Fsp3) is 0.227. The van der Waals surface area contributed by atoms with Crippen molar-refractivity contribution in [2.24, 2.45) is 0 Å². The van der Waals surface area contributed by atoms with Crippen molar-refractivity contribution in [3.8, 4) is 5.75 Å². The molecule has 1 saturated heterocycles. The number of carbonyl (C=O) groups is 2. The van der Waals surface area contributed by atoms with E-state index in [1.54, 1.807) is 41.7 Å². The molecule has 0 aliphatic carbocycles. The number of thiazole rings is 1. The zero-order valence-electron chi connectivity index (χ0n) is 17.4. The first-order valence-electron chi connectivity index (χ1n) is 9.99. The molecule has 1 aliphatic heterocycles. The summed E-state index contributed by atoms with van der Waals surface area (Å²) in [6.07, 6.45) is 0. The molecule has 4 rings (SSSR count). The number of nitrogens with one attached hydrogen (secondary N) is 2. The molecule has 2 N–H and O–H groups in total. The van der Waals surface area contributed by atoms with Gasteiger partial charge in [-0.3, -0.25) is 10.1 Å². The van der Waals surface area contributed by atoms with Crippen molar-refractivity contribution < 1.29 is 14.3 Å². The lowest BCUT2D eigenvalue weighted by Crippen LogP contribution is -2.48. The van der Waals surface area contributed by atoms with E-state index < -0.39 is 6.03 Å². The number of anilines is 3. The molecule has 0 bridgehead atoms. The summed E-state index contributed by atoms with van der Waals surface area (Å²) in [6, 6.07) is 14.2. The predicted molar refractivity (Wildman–Crippen MR) is 127 cm³/mol. The van der Waals surface area contributed by atoms with Gasteiger partial charge in [0.15, 0.2) is 5.13 Å². The number of nitrogens with zero attached hydrogens (tertiary/aromatic N) is 3. The molecule has 0 atom stereocenters. The first-order chi connectivity index (χ1) is 15.5. The van der Waals surface area contributed by atoms with E-state index in [9.17, 15) is 9.59 Å². The number of ether oxygens (including phenoxy) is 1. The molecule has 0 saturated carbocycles. The number of aromatic nitrogens is 1. The monoisotopic (exact) mass is 471 g/mol. The molecule has 1 aliphatic rings. The summed E-state index contributed by atoms with van der Waals surface area (Å²) in [7, 11) is 1.64. The molecule has 0 spiro atoms. The van der Waals surface area contributed by atoms with Crippen LogP contribution in [0.1, 0.15) is 10.5 Å². The number of benzene rings is 2. The molecule has 32 heavy (non-hydrogen) atoms. The summed E-state index contributed by atoms with van der Waals surface area (Å²) in [6.45, 7) is 2.66. The average Bonchev–Trinajstić information content (AvgIpc) is 3.28. The normalized spacial score (nSPS) is 13.6. The second kappa shape index (κ2) is 9.88. The van der Waals surface area contributed by atoms with E-state index in [0.29, 0.717) is 34.6 Å². The van der Waals surface area contributed by atoms with E-state index in [1.807, 2.05) is 24.3 Å². The van der Waals surface area contributed by atoms with E-state index in [4.69, 9.17) is 16.3 Å². The summed E-state index contributed by atoms with van der Waals surface area (Å²) in [4.78, 5) is 33.3. The summed E-state index contributed by atoms with van der Waals surface area (Å²) >= 11 is 7.06. The largest absolute Gasteiger partial charge is 0.497 e. The van der Waals surface area contributed by atoms with Crippen LogP contribution in [0.5, 0.6) is 5.75 Å². The third kappa shape index (κ3) is 5.30. The zero-order valence-corrected chi connectivity index (χ0v) is 18.9. The summed E-state index contributed by atoms with van der Waals surface area (Å²) in [5.74, 6) is 0.680. The Morgan fingerprint density at radius 3 is 2.34 bits per heavy atom. The highest BCUT2D eigenvalue weighted by Crippen LogP contribution is 2.22. The molecule has 0 radical (unpaired) electrons. The minimum atomic E-state index is -0.436. The van der Waals surface area contributed by atoms with Gasteiger partial charge in [0.2, 0.25) is 0 Å². The van der Waals surface area contributed by atoms with Crippen LogP contribution in [0.15, 0.2) is 53.9 Å². The summed E-state index contributed by atoms with van der Waals surface area (Å²) < 4.78 is 5.20. The van der Waals surface area contributed by atoms with E-state index in [1.165, 1.54) is 11.3 Å². The molecular weight excluding hydrogens is 450 g/mol. The lowest BCUT2D eigenvalue weighted by molar-refractivity contribution is 0.0741. The first-order valence-corrected chi connectivity index (χ1v) is 11.2. The quantitative estimate of drug-likeness (QED) is 0.575. The number of amides is 3. The maximum atomic E-state index is 12.8. The van der Waals surface area contributed by atoms with Crippen molar-refractivity contribution in [2.45, 2.75) is 0 Å². The lowest BCUT2D eigenvalue weighted by atomic mass is 10.2. The summed E-state index contributed by atoms with van der Waals surface area (Å²) in [5, 5.41) is 7.96. The maximum Gasteiger partial charge on any atom is 0.325 e. The van der Waals surface area contributed by atoms with Crippen LogP contribution in [0.25, 0.3) is 0 Å². The molecule has 2 aromatic carbocycles. The highest BCUT2D eigenvalue weighted by Gasteiger charge is 2.24. The number of rotatable bonds is 5. The number of piperazine rings is 1. The van der Waals surface area contributed by atoms with Gasteiger partial charge in [0.1, 0.15) is 11.4 Å². The van der Waals surface area contributed by atoms with Crippen LogP contribution in [0, 0.1) is 0 Å². The molecule has 3 aromatic rings. The van der Waals surface area contributed by atoms with Crippen LogP contribution in [0.3, 0.4) is 0 Å². The van der Waals surface area contributed by atoms with E-state index in [-0.39, 0.29) is 5.91 Å². The van der Waals surface area contributed by atoms with Gasteiger partial charge < -0.3 is 19.9 Å². The van der Waals surface area contributed by atoms with E-state index >= 15 is 0 Å². The van der Waals surface area contributed by atoms with Crippen LogP contribution < -0.4 is 20.3 Å². The van der Waals surface area contributed by atoms with Crippen LogP contribution >= 0.6 is 22.9 Å². The standard InChI is InChI=1S/C22H22ClN5O3S/c1-31-18-8-6-17(7-9-18)27-10-12-28(13-11-27)20(29)19-14-32-22(25-19)26-21(30)24-16-4-2-15(23)3-5-16/h2-9,14H,10-13H2,1H3,(H2,24,25,26,30). The molecule has 166 valence electrons. The average molecular weight is 472 g/mol. The molecule has 2 heterocycles. The van der Waals surface area contributed by atoms with E-state index in [0.717, 1.165) is 24.5 Å². The fourth-order valence-electron chi connectivity index (χ4n) is 3.34. The van der Waals surface area contributed by atoms with Gasteiger partial charge in [0.25, 0.3) is 5.91 Å². The Labute approximate surface area is 194 Å². The second-order valence-corrected chi connectivity index (χ2v) is 8.40. The lowest BCUT2D eigenvalue weighted by Gasteiger charge is -2.35. The molecule has 1 aromatic heterocycles. The molecule has 10 heteroatoms. The van der Waals surface area contributed by atoms with Gasteiger partial charge in [0.05, 0.1) is 7.11 Å². The van der Waals surface area contributed by atoms with Crippen molar-refractivity contribution in [1.82, 2.24) is 9.88 Å². The van der Waals surface area contributed by atoms with Crippen LogP contribution in [-0.2, 0) is 0 Å². The number of urea groups is 1. The predicted octanol–water partition coefficient (Wildman–Crippen LogP) is 4.41. The van der Waals surface area contributed by atoms with Crippen molar-refractivity contribution >= 4 is 51.4 Å². The van der Waals surface area contributed by atoms with Crippen LogP contribution in [0.2, 0.25) is 5.02 Å². The molecule has 8 nitrogen and oxygen atoms in total. The minimum absolute atomic E-state index is 0.137. The van der Waals surface area contributed by atoms with Crippen molar-refractivity contribution in [1.29, 1.82) is 0 Å². The maximum absolute atomic E-state index is 12.8. The number of hydrogen-bond donors (Lipinski definition) is 2. The third-order valence-electron chi connectivity index (χ3n) is 5.05. The van der Waals surface area contributed by atoms with Gasteiger partial charge >= 0.3 is 6.03 Å². The van der Waals surface area contributed by atoms with E-state index in [2.05, 4.69) is 20.5 Å². The third-order valence-corrected chi connectivity index (χ3v) is 6.06. The Hall–Kier alpha value is -3.30. The number of halogens is 1. The number of hydrogen-bond acceptors (Lipinski definition) is 6. The highest BCUT2D eigenvalue weighted by molar-refractivity contribution is 7.14. The van der Waals surface area contributed by atoms with Gasteiger partial charge in [-0.05, 0) is 48.5 Å².